The van der Waals surface area contributed by atoms with Crippen LogP contribution in [0.25, 0.3) is 6.08 Å². The SMILES string of the molecule is CCCNC(=O)CN1CCN(C(=O)/C=C/c2ccc(S(=O)(=O)NC3CC3)cc2)CC1. The maximum atomic E-state index is 12.4. The molecule has 0 unspecified atom stereocenters. The highest BCUT2D eigenvalue weighted by Gasteiger charge is 2.27. The average Bonchev–Trinajstić information content (AvgIpc) is 3.54. The summed E-state index contributed by atoms with van der Waals surface area (Å²) in [5, 5.41) is 2.86. The Morgan fingerprint density at radius 2 is 1.77 bits per heavy atom. The summed E-state index contributed by atoms with van der Waals surface area (Å²) < 4.78 is 27.0. The molecule has 2 fully saturated rings. The first-order chi connectivity index (χ1) is 14.4. The fraction of sp³-hybridized carbons (Fsp3) is 0.524. The number of benzene rings is 1. The molecule has 1 aromatic carbocycles. The zero-order valence-electron chi connectivity index (χ0n) is 17.3. The number of nitrogens with one attached hydrogen (secondary N) is 2. The van der Waals surface area contributed by atoms with Gasteiger partial charge in [0.05, 0.1) is 11.4 Å². The molecule has 1 aromatic rings. The molecule has 30 heavy (non-hydrogen) atoms. The molecule has 1 heterocycles. The summed E-state index contributed by atoms with van der Waals surface area (Å²) in [6.45, 7) is 5.55. The predicted octanol–water partition coefficient (Wildman–Crippen LogP) is 0.811. The second-order valence-corrected chi connectivity index (χ2v) is 9.46. The molecule has 0 atom stereocenters. The third-order valence-electron chi connectivity index (χ3n) is 5.13. The van der Waals surface area contributed by atoms with Crippen LogP contribution in [0, 0.1) is 0 Å². The van der Waals surface area contributed by atoms with Crippen molar-refractivity contribution < 1.29 is 18.0 Å². The van der Waals surface area contributed by atoms with Gasteiger partial charge >= 0.3 is 0 Å². The van der Waals surface area contributed by atoms with E-state index in [-0.39, 0.29) is 22.8 Å². The van der Waals surface area contributed by atoms with Crippen LogP contribution in [-0.2, 0) is 19.6 Å². The van der Waals surface area contributed by atoms with Gasteiger partial charge in [-0.1, -0.05) is 19.1 Å². The number of rotatable bonds is 9. The van der Waals surface area contributed by atoms with Crippen LogP contribution in [0.2, 0.25) is 0 Å². The van der Waals surface area contributed by atoms with Gasteiger partial charge in [0, 0.05) is 44.8 Å². The molecule has 9 heteroatoms. The number of sulfonamides is 1. The van der Waals surface area contributed by atoms with Gasteiger partial charge in [-0.05, 0) is 43.0 Å². The number of hydrogen-bond acceptors (Lipinski definition) is 5. The van der Waals surface area contributed by atoms with Crippen LogP contribution in [0.15, 0.2) is 35.2 Å². The Morgan fingerprint density at radius 1 is 1.10 bits per heavy atom. The van der Waals surface area contributed by atoms with Gasteiger partial charge in [0.2, 0.25) is 21.8 Å². The van der Waals surface area contributed by atoms with Crippen LogP contribution in [0.4, 0.5) is 0 Å². The standard InChI is InChI=1S/C21H30N4O4S/c1-2-11-22-20(26)16-24-12-14-25(15-13-24)21(27)10-5-17-3-8-19(9-4-17)30(28,29)23-18-6-7-18/h3-5,8-10,18,23H,2,6-7,11-16H2,1H3,(H,22,26)/b10-5+. The first-order valence-electron chi connectivity index (χ1n) is 10.5. The van der Waals surface area contributed by atoms with Gasteiger partial charge in [0.25, 0.3) is 0 Å². The van der Waals surface area contributed by atoms with E-state index in [1.54, 1.807) is 35.2 Å². The summed E-state index contributed by atoms with van der Waals surface area (Å²) in [6, 6.07) is 6.56. The lowest BCUT2D eigenvalue weighted by Gasteiger charge is -2.33. The van der Waals surface area contributed by atoms with E-state index in [1.165, 1.54) is 6.08 Å². The molecule has 1 saturated carbocycles. The normalized spacial score (nSPS) is 18.0. The summed E-state index contributed by atoms with van der Waals surface area (Å²) in [4.78, 5) is 28.3. The van der Waals surface area contributed by atoms with Crippen molar-refractivity contribution in [3.8, 4) is 0 Å². The Labute approximate surface area is 178 Å². The molecule has 1 aliphatic carbocycles. The van der Waals surface area contributed by atoms with E-state index in [9.17, 15) is 18.0 Å². The van der Waals surface area contributed by atoms with Crippen molar-refractivity contribution in [2.75, 3.05) is 39.3 Å². The van der Waals surface area contributed by atoms with E-state index < -0.39 is 10.0 Å². The van der Waals surface area contributed by atoms with Crippen LogP contribution in [0.1, 0.15) is 31.7 Å². The minimum Gasteiger partial charge on any atom is -0.355 e. The van der Waals surface area contributed by atoms with Crippen LogP contribution < -0.4 is 10.0 Å². The van der Waals surface area contributed by atoms with Gasteiger partial charge in [0.15, 0.2) is 0 Å². The zero-order chi connectivity index (χ0) is 21.6. The molecule has 1 saturated heterocycles. The molecular weight excluding hydrogens is 404 g/mol. The van der Waals surface area contributed by atoms with Gasteiger partial charge < -0.3 is 10.2 Å². The molecule has 2 aliphatic rings. The van der Waals surface area contributed by atoms with Crippen molar-refractivity contribution in [1.82, 2.24) is 19.8 Å². The van der Waals surface area contributed by atoms with Crippen molar-refractivity contribution >= 4 is 27.9 Å². The topological polar surface area (TPSA) is 98.8 Å². The summed E-state index contributed by atoms with van der Waals surface area (Å²) in [5.41, 5.74) is 0.764. The Bertz CT molecular complexity index is 871. The van der Waals surface area contributed by atoms with Crippen molar-refractivity contribution in [2.24, 2.45) is 0 Å². The molecule has 1 aliphatic heterocycles. The van der Waals surface area contributed by atoms with Crippen molar-refractivity contribution in [1.29, 1.82) is 0 Å². The van der Waals surface area contributed by atoms with E-state index in [0.29, 0.717) is 39.3 Å². The molecule has 0 spiro atoms. The number of carbonyl (C=O) groups is 2. The third kappa shape index (κ3) is 6.65. The third-order valence-corrected chi connectivity index (χ3v) is 6.67. The molecule has 0 bridgehead atoms. The number of carbonyl (C=O) groups excluding carboxylic acids is 2. The smallest absolute Gasteiger partial charge is 0.246 e. The van der Waals surface area contributed by atoms with E-state index in [1.807, 2.05) is 11.8 Å². The van der Waals surface area contributed by atoms with E-state index in [4.69, 9.17) is 0 Å². The quantitative estimate of drug-likeness (QED) is 0.561. The lowest BCUT2D eigenvalue weighted by molar-refractivity contribution is -0.128. The van der Waals surface area contributed by atoms with Gasteiger partial charge in [-0.25, -0.2) is 13.1 Å². The first kappa shape index (κ1) is 22.5. The monoisotopic (exact) mass is 434 g/mol. The van der Waals surface area contributed by atoms with Crippen molar-refractivity contribution in [3.63, 3.8) is 0 Å². The van der Waals surface area contributed by atoms with Gasteiger partial charge in [-0.15, -0.1) is 0 Å². The van der Waals surface area contributed by atoms with Crippen LogP contribution in [-0.4, -0.2) is 75.3 Å². The summed E-state index contributed by atoms with van der Waals surface area (Å²) >= 11 is 0. The summed E-state index contributed by atoms with van der Waals surface area (Å²) in [7, 11) is -3.46. The van der Waals surface area contributed by atoms with Crippen molar-refractivity contribution in [2.45, 2.75) is 37.1 Å². The maximum absolute atomic E-state index is 12.4. The van der Waals surface area contributed by atoms with E-state index in [0.717, 1.165) is 24.8 Å². The Balaban J connectivity index is 1.46. The highest BCUT2D eigenvalue weighted by Crippen LogP contribution is 2.22. The lowest BCUT2D eigenvalue weighted by Crippen LogP contribution is -2.50. The summed E-state index contributed by atoms with van der Waals surface area (Å²) in [5.74, 6) is -0.0634. The average molecular weight is 435 g/mol. The Hall–Kier alpha value is -2.23. The van der Waals surface area contributed by atoms with Crippen LogP contribution >= 0.6 is 0 Å². The first-order valence-corrected chi connectivity index (χ1v) is 11.9. The molecule has 2 amide bonds. The van der Waals surface area contributed by atoms with Gasteiger partial charge in [-0.3, -0.25) is 14.5 Å². The van der Waals surface area contributed by atoms with E-state index in [2.05, 4.69) is 10.0 Å². The number of piperazine rings is 1. The molecule has 3 rings (SSSR count). The molecule has 8 nitrogen and oxygen atoms in total. The highest BCUT2D eigenvalue weighted by atomic mass is 32.2. The molecular formula is C21H30N4O4S. The zero-order valence-corrected chi connectivity index (χ0v) is 18.2. The maximum Gasteiger partial charge on any atom is 0.246 e. The molecule has 0 aromatic heterocycles. The van der Waals surface area contributed by atoms with Crippen LogP contribution in [0.3, 0.4) is 0 Å². The van der Waals surface area contributed by atoms with Crippen molar-refractivity contribution in [3.05, 3.63) is 35.9 Å². The minimum absolute atomic E-state index is 0.0225. The van der Waals surface area contributed by atoms with Gasteiger partial charge in [0.1, 0.15) is 0 Å². The largest absolute Gasteiger partial charge is 0.355 e. The number of nitrogens with zero attached hydrogens (tertiary/aromatic N) is 2. The van der Waals surface area contributed by atoms with Gasteiger partial charge in [-0.2, -0.15) is 0 Å². The lowest BCUT2D eigenvalue weighted by atomic mass is 10.2. The summed E-state index contributed by atoms with van der Waals surface area (Å²) in [6.07, 6.45) is 5.90. The highest BCUT2D eigenvalue weighted by molar-refractivity contribution is 7.89. The van der Waals surface area contributed by atoms with Crippen LogP contribution in [0.5, 0.6) is 0 Å². The molecule has 0 radical (unpaired) electrons. The second kappa shape index (κ2) is 10.2. The fourth-order valence-electron chi connectivity index (χ4n) is 3.17. The molecule has 164 valence electrons. The predicted molar refractivity (Wildman–Crippen MR) is 115 cm³/mol. The minimum atomic E-state index is -3.46. The van der Waals surface area contributed by atoms with E-state index >= 15 is 0 Å². The number of hydrogen-bond donors (Lipinski definition) is 2. The Morgan fingerprint density at radius 3 is 2.37 bits per heavy atom. The fourth-order valence-corrected chi connectivity index (χ4v) is 4.47. The second-order valence-electron chi connectivity index (χ2n) is 7.75. The molecule has 2 N–H and O–H groups in total. The number of amides is 2. The Kier molecular flexibility index (Phi) is 7.63.